The van der Waals surface area contributed by atoms with E-state index < -0.39 is 0 Å². The maximum Gasteiger partial charge on any atom is 0.324 e. The van der Waals surface area contributed by atoms with Gasteiger partial charge in [-0.05, 0) is 35.3 Å². The summed E-state index contributed by atoms with van der Waals surface area (Å²) in [4.78, 5) is 14.6. The van der Waals surface area contributed by atoms with Gasteiger partial charge in [0.1, 0.15) is 11.5 Å². The summed E-state index contributed by atoms with van der Waals surface area (Å²) in [5.41, 5.74) is 2.92. The van der Waals surface area contributed by atoms with Crippen molar-refractivity contribution in [2.24, 2.45) is 0 Å². The smallest absolute Gasteiger partial charge is 0.324 e. The zero-order valence-corrected chi connectivity index (χ0v) is 14.2. The lowest BCUT2D eigenvalue weighted by Crippen LogP contribution is -2.40. The maximum absolute atomic E-state index is 12.8. The van der Waals surface area contributed by atoms with Crippen molar-refractivity contribution in [3.8, 4) is 11.5 Å². The Kier molecular flexibility index (Phi) is 4.47. The fraction of sp³-hybridized carbons (Fsp3) is 0.316. The van der Waals surface area contributed by atoms with Gasteiger partial charge in [-0.25, -0.2) is 0 Å². The minimum absolute atomic E-state index is 0.0167. The topological polar surface area (TPSA) is 48.0 Å². The third-order valence-electron chi connectivity index (χ3n) is 4.68. The Morgan fingerprint density at radius 1 is 1.16 bits per heavy atom. The molecule has 0 unspecified atom stereocenters. The molecule has 0 radical (unpaired) electrons. The van der Waals surface area contributed by atoms with Gasteiger partial charge in [0.15, 0.2) is 0 Å². The van der Waals surface area contributed by atoms with Gasteiger partial charge in [-0.3, -0.25) is 4.79 Å². The normalized spacial score (nSPS) is 16.7. The molecule has 6 heteroatoms. The number of hydrogen-bond acceptors (Lipinski definition) is 4. The van der Waals surface area contributed by atoms with Crippen molar-refractivity contribution < 1.29 is 18.9 Å². The van der Waals surface area contributed by atoms with Crippen LogP contribution < -0.4 is 10.2 Å². The predicted molar refractivity (Wildman–Crippen MR) is 95.7 cm³/mol. The molecule has 2 aromatic rings. The van der Waals surface area contributed by atoms with Crippen LogP contribution in [-0.2, 0) is 16.0 Å². The minimum Gasteiger partial charge on any atom is -0.457 e. The van der Waals surface area contributed by atoms with E-state index in [4.69, 9.17) is 14.1 Å². The quantitative estimate of drug-likeness (QED) is 0.807. The van der Waals surface area contributed by atoms with Crippen LogP contribution in [0.3, 0.4) is 0 Å². The first-order valence-corrected chi connectivity index (χ1v) is 8.61. The zero-order chi connectivity index (χ0) is 17.2. The largest absolute Gasteiger partial charge is 0.457 e. The van der Waals surface area contributed by atoms with Crippen LogP contribution in [-0.4, -0.2) is 44.0 Å². The molecule has 1 fully saturated rings. The highest BCUT2D eigenvalue weighted by atomic mass is 16.5. The van der Waals surface area contributed by atoms with Gasteiger partial charge in [-0.2, -0.15) is 0 Å². The molecule has 128 valence electrons. The van der Waals surface area contributed by atoms with Crippen LogP contribution in [0.2, 0.25) is 6.82 Å². The summed E-state index contributed by atoms with van der Waals surface area (Å²) >= 11 is 0. The van der Waals surface area contributed by atoms with Crippen LogP contribution in [0.25, 0.3) is 0 Å². The number of hydrogen-bond donors (Lipinski definition) is 0. The molecular formula is C19H20BNO4. The van der Waals surface area contributed by atoms with Gasteiger partial charge < -0.3 is 19.0 Å². The lowest BCUT2D eigenvalue weighted by Gasteiger charge is -2.27. The van der Waals surface area contributed by atoms with Gasteiger partial charge in [0, 0.05) is 13.1 Å². The van der Waals surface area contributed by atoms with Crippen LogP contribution >= 0.6 is 0 Å². The third kappa shape index (κ3) is 3.27. The van der Waals surface area contributed by atoms with Gasteiger partial charge in [0.25, 0.3) is 5.91 Å². The molecule has 0 aromatic heterocycles. The second-order valence-electron chi connectivity index (χ2n) is 6.32. The Bertz CT molecular complexity index is 789. The van der Waals surface area contributed by atoms with E-state index >= 15 is 0 Å². The van der Waals surface area contributed by atoms with Crippen LogP contribution in [0, 0.1) is 0 Å². The standard InChI is InChI=1S/C19H20BNO4/c1-20-17-7-6-15(12-14(17)13-24-20)25-18-5-3-2-4-16(18)19(22)21-8-10-23-11-9-21/h2-7,12H,8-11,13H2,1H3. The number of ether oxygens (including phenoxy) is 2. The van der Waals surface area contributed by atoms with E-state index in [0.717, 1.165) is 11.3 Å². The second-order valence-corrected chi connectivity index (χ2v) is 6.32. The molecule has 4 rings (SSSR count). The molecular weight excluding hydrogens is 317 g/mol. The Morgan fingerprint density at radius 2 is 1.96 bits per heavy atom. The fourth-order valence-electron chi connectivity index (χ4n) is 3.27. The molecule has 0 saturated carbocycles. The number of carbonyl (C=O) groups is 1. The molecule has 2 aliphatic rings. The summed E-state index contributed by atoms with van der Waals surface area (Å²) < 4.78 is 17.0. The van der Waals surface area contributed by atoms with Gasteiger partial charge in [0.2, 0.25) is 0 Å². The molecule has 0 aliphatic carbocycles. The van der Waals surface area contributed by atoms with Crippen molar-refractivity contribution >= 4 is 18.3 Å². The van der Waals surface area contributed by atoms with E-state index in [1.54, 1.807) is 0 Å². The van der Waals surface area contributed by atoms with Crippen molar-refractivity contribution in [3.05, 3.63) is 53.6 Å². The van der Waals surface area contributed by atoms with E-state index in [0.29, 0.717) is 44.2 Å². The number of morpholine rings is 1. The molecule has 0 bridgehead atoms. The van der Waals surface area contributed by atoms with Crippen LogP contribution in [0.5, 0.6) is 11.5 Å². The molecule has 5 nitrogen and oxygen atoms in total. The summed E-state index contributed by atoms with van der Waals surface area (Å²) in [5.74, 6) is 1.28. The Morgan fingerprint density at radius 3 is 2.80 bits per heavy atom. The number of amides is 1. The Hall–Kier alpha value is -2.31. The van der Waals surface area contributed by atoms with Crippen molar-refractivity contribution in [1.82, 2.24) is 4.90 Å². The Balaban J connectivity index is 1.58. The number of benzene rings is 2. The molecule has 0 N–H and O–H groups in total. The van der Waals surface area contributed by atoms with Gasteiger partial charge in [0.05, 0.1) is 25.4 Å². The second kappa shape index (κ2) is 6.90. The molecule has 2 aliphatic heterocycles. The first-order valence-electron chi connectivity index (χ1n) is 8.61. The van der Waals surface area contributed by atoms with Gasteiger partial charge in [-0.1, -0.05) is 25.0 Å². The fourth-order valence-corrected chi connectivity index (χ4v) is 3.27. The lowest BCUT2D eigenvalue weighted by atomic mass is 9.64. The lowest BCUT2D eigenvalue weighted by molar-refractivity contribution is 0.0301. The van der Waals surface area contributed by atoms with Crippen molar-refractivity contribution in [2.75, 3.05) is 26.3 Å². The predicted octanol–water partition coefficient (Wildman–Crippen LogP) is 2.31. The number of para-hydroxylation sites is 1. The van der Waals surface area contributed by atoms with Gasteiger partial charge in [-0.15, -0.1) is 0 Å². The number of nitrogens with zero attached hydrogens (tertiary/aromatic N) is 1. The van der Waals surface area contributed by atoms with Crippen LogP contribution in [0.1, 0.15) is 15.9 Å². The number of carbonyl (C=O) groups excluding carboxylic acids is 1. The molecule has 0 atom stereocenters. The van der Waals surface area contributed by atoms with Gasteiger partial charge >= 0.3 is 6.92 Å². The first-order chi connectivity index (χ1) is 12.2. The number of rotatable bonds is 3. The molecule has 2 aromatic carbocycles. The van der Waals surface area contributed by atoms with E-state index in [1.165, 1.54) is 5.46 Å². The summed E-state index contributed by atoms with van der Waals surface area (Å²) in [5, 5.41) is 0. The van der Waals surface area contributed by atoms with E-state index in [9.17, 15) is 4.79 Å². The summed E-state index contributed by atoms with van der Waals surface area (Å²) in [7, 11) is 0. The van der Waals surface area contributed by atoms with Crippen molar-refractivity contribution in [3.63, 3.8) is 0 Å². The van der Waals surface area contributed by atoms with Crippen LogP contribution in [0.15, 0.2) is 42.5 Å². The highest BCUT2D eigenvalue weighted by Gasteiger charge is 2.24. The zero-order valence-electron chi connectivity index (χ0n) is 14.2. The van der Waals surface area contributed by atoms with E-state index in [2.05, 4.69) is 0 Å². The average Bonchev–Trinajstić information content (AvgIpc) is 3.03. The first kappa shape index (κ1) is 16.2. The summed E-state index contributed by atoms with van der Waals surface area (Å²) in [6, 6.07) is 13.3. The minimum atomic E-state index is -0.0167. The molecule has 1 saturated heterocycles. The third-order valence-corrected chi connectivity index (χ3v) is 4.68. The Labute approximate surface area is 147 Å². The highest BCUT2D eigenvalue weighted by molar-refractivity contribution is 6.67. The average molecular weight is 337 g/mol. The number of fused-ring (bicyclic) bond motifs is 1. The SMILES string of the molecule is CB1OCc2cc(Oc3ccccc3C(=O)N3CCOCC3)ccc21. The van der Waals surface area contributed by atoms with E-state index in [-0.39, 0.29) is 12.8 Å². The molecule has 25 heavy (non-hydrogen) atoms. The summed E-state index contributed by atoms with van der Waals surface area (Å²) in [6.45, 7) is 5.15. The molecule has 1 amide bonds. The van der Waals surface area contributed by atoms with Crippen LogP contribution in [0.4, 0.5) is 0 Å². The molecule has 0 spiro atoms. The monoisotopic (exact) mass is 337 g/mol. The summed E-state index contributed by atoms with van der Waals surface area (Å²) in [6.07, 6.45) is 0. The highest BCUT2D eigenvalue weighted by Crippen LogP contribution is 2.28. The molecule has 2 heterocycles. The maximum atomic E-state index is 12.8. The van der Waals surface area contributed by atoms with E-state index in [1.807, 2.05) is 54.2 Å². The van der Waals surface area contributed by atoms with Crippen molar-refractivity contribution in [2.45, 2.75) is 13.4 Å². The van der Waals surface area contributed by atoms with Crippen molar-refractivity contribution in [1.29, 1.82) is 0 Å².